The number of aliphatic carboxylic acids is 4. The molecular weight excluding hydrogens is 492 g/mol. The Balaban J connectivity index is 5.32. The number of rotatable bonds is 19. The summed E-state index contributed by atoms with van der Waals surface area (Å²) < 4.78 is 0. The van der Waals surface area contributed by atoms with Gasteiger partial charge in [0.15, 0.2) is 0 Å². The fraction of sp³-hybridized carbons (Fsp3) is 0.556. The van der Waals surface area contributed by atoms with Crippen molar-refractivity contribution in [3.05, 3.63) is 0 Å². The molecule has 0 aromatic carbocycles. The zero-order valence-corrected chi connectivity index (χ0v) is 19.0. The minimum atomic E-state index is -1.32. The lowest BCUT2D eigenvalue weighted by molar-refractivity contribution is -0.139. The van der Waals surface area contributed by atoms with Crippen molar-refractivity contribution in [2.75, 3.05) is 65.4 Å². The molecule has 0 rings (SSSR count). The van der Waals surface area contributed by atoms with E-state index in [2.05, 4.69) is 21.3 Å². The van der Waals surface area contributed by atoms with Gasteiger partial charge >= 0.3 is 23.9 Å². The Morgan fingerprint density at radius 1 is 0.417 bits per heavy atom. The third kappa shape index (κ3) is 18.1. The highest BCUT2D eigenvalue weighted by molar-refractivity contribution is 5.86. The molecule has 0 heterocycles. The summed E-state index contributed by atoms with van der Waals surface area (Å²) >= 11 is 0. The van der Waals surface area contributed by atoms with E-state index in [-0.39, 0.29) is 13.1 Å². The first-order chi connectivity index (χ1) is 16.8. The van der Waals surface area contributed by atoms with Gasteiger partial charge in [0, 0.05) is 13.1 Å². The first kappa shape index (κ1) is 31.7. The summed E-state index contributed by atoms with van der Waals surface area (Å²) in [5, 5.41) is 43.0. The van der Waals surface area contributed by atoms with Crippen LogP contribution in [0.2, 0.25) is 0 Å². The molecule has 0 aliphatic carbocycles. The molecule has 0 saturated carbocycles. The second-order valence-corrected chi connectivity index (χ2v) is 7.10. The first-order valence-electron chi connectivity index (χ1n) is 10.2. The average Bonchev–Trinajstić information content (AvgIpc) is 2.76. The van der Waals surface area contributed by atoms with Crippen LogP contribution in [-0.4, -0.2) is 143 Å². The smallest absolute Gasteiger partial charge is 0.322 e. The van der Waals surface area contributed by atoms with Gasteiger partial charge in [0.2, 0.25) is 23.6 Å². The van der Waals surface area contributed by atoms with E-state index < -0.39 is 99.9 Å². The molecule has 0 radical (unpaired) electrons. The van der Waals surface area contributed by atoms with Crippen LogP contribution in [0.15, 0.2) is 0 Å². The second-order valence-electron chi connectivity index (χ2n) is 7.10. The minimum Gasteiger partial charge on any atom is -0.480 e. The van der Waals surface area contributed by atoms with E-state index in [1.54, 1.807) is 0 Å². The zero-order valence-electron chi connectivity index (χ0n) is 19.0. The maximum absolute atomic E-state index is 12.0. The molecule has 0 unspecified atom stereocenters. The Morgan fingerprint density at radius 3 is 0.778 bits per heavy atom. The quantitative estimate of drug-likeness (QED) is 0.0789. The van der Waals surface area contributed by atoms with Crippen LogP contribution in [0.25, 0.3) is 0 Å². The van der Waals surface area contributed by atoms with Crippen molar-refractivity contribution in [3.8, 4) is 0 Å². The van der Waals surface area contributed by atoms with Crippen LogP contribution in [0.3, 0.4) is 0 Å². The molecule has 0 fully saturated rings. The van der Waals surface area contributed by atoms with Gasteiger partial charge in [-0.3, -0.25) is 48.2 Å². The van der Waals surface area contributed by atoms with E-state index in [4.69, 9.17) is 20.4 Å². The van der Waals surface area contributed by atoms with E-state index in [1.165, 1.54) is 9.80 Å². The molecule has 0 aromatic heterocycles. The maximum Gasteiger partial charge on any atom is 0.322 e. The fourth-order valence-electron chi connectivity index (χ4n) is 2.44. The Kier molecular flexibility index (Phi) is 15.1. The van der Waals surface area contributed by atoms with Crippen molar-refractivity contribution in [2.45, 2.75) is 0 Å². The Morgan fingerprint density at radius 2 is 0.611 bits per heavy atom. The third-order valence-electron chi connectivity index (χ3n) is 3.95. The molecule has 0 saturated heterocycles. The Labute approximate surface area is 203 Å². The Bertz CT molecular complexity index is 716. The second kappa shape index (κ2) is 17.2. The van der Waals surface area contributed by atoms with E-state index >= 15 is 0 Å². The summed E-state index contributed by atoms with van der Waals surface area (Å²) in [7, 11) is 0. The van der Waals surface area contributed by atoms with Crippen LogP contribution >= 0.6 is 0 Å². The van der Waals surface area contributed by atoms with Gasteiger partial charge in [0.25, 0.3) is 0 Å². The molecule has 8 N–H and O–H groups in total. The maximum atomic E-state index is 12.0. The van der Waals surface area contributed by atoms with E-state index in [0.717, 1.165) is 0 Å². The van der Waals surface area contributed by atoms with Crippen molar-refractivity contribution in [1.29, 1.82) is 0 Å². The van der Waals surface area contributed by atoms with Gasteiger partial charge in [-0.05, 0) is 0 Å². The number of nitrogens with one attached hydrogen (secondary N) is 4. The normalized spacial score (nSPS) is 10.4. The highest BCUT2D eigenvalue weighted by atomic mass is 16.4. The van der Waals surface area contributed by atoms with Gasteiger partial charge < -0.3 is 41.7 Å². The molecule has 18 nitrogen and oxygen atoms in total. The van der Waals surface area contributed by atoms with Crippen molar-refractivity contribution < 1.29 is 58.8 Å². The van der Waals surface area contributed by atoms with Crippen LogP contribution < -0.4 is 21.3 Å². The number of hydrogen-bond acceptors (Lipinski definition) is 10. The summed E-state index contributed by atoms with van der Waals surface area (Å²) in [5.41, 5.74) is 0. The van der Waals surface area contributed by atoms with Crippen molar-refractivity contribution >= 4 is 47.5 Å². The lowest BCUT2D eigenvalue weighted by Crippen LogP contribution is -2.49. The SMILES string of the molecule is O=C(O)CNC(=O)CN(CCN(CC(=O)NCC(=O)O)CC(=O)NCC(=O)O)CC(=O)NCC(=O)O. The monoisotopic (exact) mass is 520 g/mol. The molecule has 0 spiro atoms. The number of carbonyl (C=O) groups excluding carboxylic acids is 4. The van der Waals surface area contributed by atoms with Gasteiger partial charge in [0.05, 0.1) is 26.2 Å². The molecule has 0 aliphatic heterocycles. The number of amides is 4. The highest BCUT2D eigenvalue weighted by Crippen LogP contribution is 1.95. The summed E-state index contributed by atoms with van der Waals surface area (Å²) in [6.45, 7) is -5.13. The summed E-state index contributed by atoms with van der Waals surface area (Å²) in [5.74, 6) is -8.41. The average molecular weight is 520 g/mol. The first-order valence-corrected chi connectivity index (χ1v) is 10.2. The number of carbonyl (C=O) groups is 8. The minimum absolute atomic E-state index is 0.167. The van der Waals surface area contributed by atoms with Crippen molar-refractivity contribution in [1.82, 2.24) is 31.1 Å². The predicted octanol–water partition coefficient (Wildman–Crippen LogP) is -5.61. The van der Waals surface area contributed by atoms with Crippen LogP contribution in [0.4, 0.5) is 0 Å². The highest BCUT2D eigenvalue weighted by Gasteiger charge is 2.20. The predicted molar refractivity (Wildman–Crippen MR) is 115 cm³/mol. The van der Waals surface area contributed by atoms with Crippen LogP contribution in [-0.2, 0) is 38.4 Å². The summed E-state index contributed by atoms with van der Waals surface area (Å²) in [4.78, 5) is 92.9. The number of carboxylic acids is 4. The number of hydrogen-bond donors (Lipinski definition) is 8. The van der Waals surface area contributed by atoms with E-state index in [1.807, 2.05) is 0 Å². The molecule has 4 amide bonds. The van der Waals surface area contributed by atoms with Crippen LogP contribution in [0.5, 0.6) is 0 Å². The number of nitrogens with zero attached hydrogens (tertiary/aromatic N) is 2. The molecule has 202 valence electrons. The molecule has 0 aromatic rings. The van der Waals surface area contributed by atoms with Crippen LogP contribution in [0.1, 0.15) is 0 Å². The lowest BCUT2D eigenvalue weighted by Gasteiger charge is -2.26. The molecule has 36 heavy (non-hydrogen) atoms. The summed E-state index contributed by atoms with van der Waals surface area (Å²) in [6, 6.07) is 0. The van der Waals surface area contributed by atoms with Gasteiger partial charge in [-0.15, -0.1) is 0 Å². The lowest BCUT2D eigenvalue weighted by atomic mass is 10.3. The molecule has 0 aliphatic rings. The zero-order chi connectivity index (χ0) is 27.7. The third-order valence-corrected chi connectivity index (χ3v) is 3.95. The fourth-order valence-corrected chi connectivity index (χ4v) is 2.44. The molecular formula is C18H28N6O12. The van der Waals surface area contributed by atoms with Gasteiger partial charge in [-0.1, -0.05) is 0 Å². The number of carboxylic acid groups (broad SMARTS) is 4. The van der Waals surface area contributed by atoms with E-state index in [9.17, 15) is 38.4 Å². The van der Waals surface area contributed by atoms with E-state index in [0.29, 0.717) is 0 Å². The molecule has 0 bridgehead atoms. The van der Waals surface area contributed by atoms with Crippen LogP contribution in [0, 0.1) is 0 Å². The van der Waals surface area contributed by atoms with Gasteiger partial charge in [-0.2, -0.15) is 0 Å². The van der Waals surface area contributed by atoms with Crippen molar-refractivity contribution in [3.63, 3.8) is 0 Å². The van der Waals surface area contributed by atoms with Gasteiger partial charge in [0.1, 0.15) is 26.2 Å². The topological polar surface area (TPSA) is 272 Å². The molecule has 0 atom stereocenters. The van der Waals surface area contributed by atoms with Crippen molar-refractivity contribution in [2.24, 2.45) is 0 Å². The Hall–Kier alpha value is -4.32. The summed E-state index contributed by atoms with van der Waals surface area (Å²) in [6.07, 6.45) is 0. The standard InChI is InChI=1S/C18H28N6O12/c25-11(19-3-15(29)30)7-23(8-12(26)20-4-16(31)32)1-2-24(9-13(27)21-5-17(33)34)10-14(28)22-6-18(35)36/h1-10H2,(H,19,25)(H,20,26)(H,21,27)(H,22,28)(H,29,30)(H,31,32)(H,33,34)(H,35,36). The van der Waals surface area contributed by atoms with Gasteiger partial charge in [-0.25, -0.2) is 0 Å². The largest absolute Gasteiger partial charge is 0.480 e. The molecule has 18 heteroatoms.